The number of nitrogens with zero attached hydrogens (tertiary/aromatic N) is 1. The average molecular weight is 359 g/mol. The Kier molecular flexibility index (Phi) is 10.8. The number of rotatable bonds is 4. The molecule has 0 aromatic heterocycles. The SMILES string of the molecule is CC(C)(C)[S+]([O-])NC(C[C@@H]1CN2CCC1CC2)C(F)(F)F.[B].[B].[B]. The van der Waals surface area contributed by atoms with Crippen LogP contribution < -0.4 is 4.72 Å². The van der Waals surface area contributed by atoms with Crippen LogP contribution in [0.2, 0.25) is 0 Å². The largest absolute Gasteiger partial charge is 0.598 e. The lowest BCUT2D eigenvalue weighted by molar-refractivity contribution is -0.158. The first-order valence-electron chi connectivity index (χ1n) is 7.54. The zero-order chi connectivity index (χ0) is 15.8. The summed E-state index contributed by atoms with van der Waals surface area (Å²) in [6.45, 7) is 7.81. The van der Waals surface area contributed by atoms with Crippen molar-refractivity contribution in [2.45, 2.75) is 57.0 Å². The summed E-state index contributed by atoms with van der Waals surface area (Å²) in [4.78, 5) is 2.25. The van der Waals surface area contributed by atoms with E-state index in [1.165, 1.54) is 0 Å². The molecule has 3 aliphatic heterocycles. The summed E-state index contributed by atoms with van der Waals surface area (Å²) in [5.74, 6) is 0.452. The lowest BCUT2D eigenvalue weighted by Crippen LogP contribution is -2.54. The number of hydrogen-bond donors (Lipinski definition) is 1. The molecule has 0 amide bonds. The van der Waals surface area contributed by atoms with Crippen molar-refractivity contribution in [2.24, 2.45) is 11.8 Å². The zero-order valence-electron chi connectivity index (χ0n) is 14.6. The Hall–Kier alpha value is 0.215. The predicted molar refractivity (Wildman–Crippen MR) is 95.4 cm³/mol. The Morgan fingerprint density at radius 1 is 1.12 bits per heavy atom. The third-order valence-corrected chi connectivity index (χ3v) is 6.14. The van der Waals surface area contributed by atoms with Gasteiger partial charge in [-0.05, 0) is 65.0 Å². The number of hydrogen-bond acceptors (Lipinski definition) is 3. The summed E-state index contributed by atoms with van der Waals surface area (Å²) < 4.78 is 53.4. The second kappa shape index (κ2) is 9.79. The highest BCUT2D eigenvalue weighted by Crippen LogP contribution is 2.37. The smallest absolute Gasteiger partial charge is 0.408 e. The van der Waals surface area contributed by atoms with Crippen LogP contribution in [0.15, 0.2) is 0 Å². The highest BCUT2D eigenvalue weighted by atomic mass is 32.2. The molecule has 3 aliphatic rings. The number of nitrogens with one attached hydrogen (secondary N) is 1. The fourth-order valence-electron chi connectivity index (χ4n) is 3.21. The summed E-state index contributed by atoms with van der Waals surface area (Å²) in [6.07, 6.45) is -2.32. The van der Waals surface area contributed by atoms with Gasteiger partial charge in [0.05, 0.1) is 0 Å². The van der Waals surface area contributed by atoms with Gasteiger partial charge >= 0.3 is 6.18 Å². The van der Waals surface area contributed by atoms with E-state index >= 15 is 0 Å². The maximum absolute atomic E-state index is 13.3. The van der Waals surface area contributed by atoms with Gasteiger partial charge in [-0.15, -0.1) is 4.72 Å². The molecule has 1 N–H and O–H groups in total. The topological polar surface area (TPSA) is 38.3 Å². The van der Waals surface area contributed by atoms with Gasteiger partial charge in [0.15, 0.2) is 0 Å². The van der Waals surface area contributed by atoms with Gasteiger partial charge in [0, 0.05) is 43.1 Å². The standard InChI is InChI=1S/C14H25F3N2OS.3B/c1-13(2,3)21(20)18-12(14(15,16)17)8-11-9-19-6-4-10(11)5-7-19;;;/h10-12,18H,4-9H2,1-3H3;;;/t11-,12?,21?;;;/m1.../s1. The first-order chi connectivity index (χ1) is 9.57. The fourth-order valence-corrected chi connectivity index (χ4v) is 4.05. The van der Waals surface area contributed by atoms with Crippen LogP contribution in [-0.2, 0) is 11.4 Å². The Morgan fingerprint density at radius 2 is 1.62 bits per heavy atom. The van der Waals surface area contributed by atoms with Gasteiger partial charge in [-0.2, -0.15) is 13.2 Å². The van der Waals surface area contributed by atoms with E-state index in [4.69, 9.17) is 0 Å². The molecule has 0 saturated carbocycles. The van der Waals surface area contributed by atoms with E-state index in [1.54, 1.807) is 20.8 Å². The van der Waals surface area contributed by atoms with Crippen LogP contribution >= 0.6 is 0 Å². The Labute approximate surface area is 152 Å². The molecule has 3 nitrogen and oxygen atoms in total. The summed E-state index contributed by atoms with van der Waals surface area (Å²) in [5.41, 5.74) is 0. The highest BCUT2D eigenvalue weighted by molar-refractivity contribution is 7.90. The first-order valence-corrected chi connectivity index (χ1v) is 8.69. The molecule has 3 fully saturated rings. The quantitative estimate of drug-likeness (QED) is 0.612. The van der Waals surface area contributed by atoms with Gasteiger partial charge in [-0.25, -0.2) is 0 Å². The van der Waals surface area contributed by atoms with Crippen molar-refractivity contribution in [2.75, 3.05) is 19.6 Å². The van der Waals surface area contributed by atoms with E-state index in [0.717, 1.165) is 32.5 Å². The van der Waals surface area contributed by atoms with Crippen molar-refractivity contribution in [3.63, 3.8) is 0 Å². The van der Waals surface area contributed by atoms with E-state index in [9.17, 15) is 17.7 Å². The van der Waals surface area contributed by atoms with E-state index in [2.05, 4.69) is 9.62 Å². The van der Waals surface area contributed by atoms with Crippen molar-refractivity contribution in [3.8, 4) is 0 Å². The molecule has 0 aromatic carbocycles. The van der Waals surface area contributed by atoms with Gasteiger partial charge in [0.25, 0.3) is 0 Å². The predicted octanol–water partition coefficient (Wildman–Crippen LogP) is 1.56. The molecule has 2 unspecified atom stereocenters. The molecule has 0 spiro atoms. The number of fused-ring (bicyclic) bond motifs is 3. The van der Waals surface area contributed by atoms with Crippen LogP contribution in [0.25, 0.3) is 0 Å². The molecule has 24 heavy (non-hydrogen) atoms. The maximum Gasteiger partial charge on any atom is 0.408 e. The average Bonchev–Trinajstić information content (AvgIpc) is 2.37. The van der Waals surface area contributed by atoms with Crippen molar-refractivity contribution >= 4 is 36.6 Å². The van der Waals surface area contributed by atoms with Gasteiger partial charge in [0.1, 0.15) is 10.8 Å². The first kappa shape index (κ1) is 26.4. The normalized spacial score (nSPS) is 28.9. The zero-order valence-corrected chi connectivity index (χ0v) is 15.4. The fraction of sp³-hybridized carbons (Fsp3) is 1.00. The van der Waals surface area contributed by atoms with Gasteiger partial charge < -0.3 is 9.45 Å². The molecule has 133 valence electrons. The van der Waals surface area contributed by atoms with Crippen LogP contribution in [0.3, 0.4) is 0 Å². The van der Waals surface area contributed by atoms with E-state index in [0.29, 0.717) is 5.92 Å². The molecule has 3 rings (SSSR count). The van der Waals surface area contributed by atoms with Crippen molar-refractivity contribution in [1.82, 2.24) is 9.62 Å². The number of piperidine rings is 3. The summed E-state index contributed by atoms with van der Waals surface area (Å²) in [7, 11) is 0. The molecular weight excluding hydrogens is 334 g/mol. The molecule has 3 heterocycles. The van der Waals surface area contributed by atoms with Crippen LogP contribution in [0, 0.1) is 11.8 Å². The minimum atomic E-state index is -4.35. The van der Waals surface area contributed by atoms with E-state index in [1.807, 2.05) is 0 Å². The third kappa shape index (κ3) is 6.85. The summed E-state index contributed by atoms with van der Waals surface area (Å²) >= 11 is -1.70. The minimum absolute atomic E-state index is 0. The Balaban J connectivity index is 0. The minimum Gasteiger partial charge on any atom is -0.598 e. The monoisotopic (exact) mass is 359 g/mol. The van der Waals surface area contributed by atoms with Crippen molar-refractivity contribution < 1.29 is 17.7 Å². The third-order valence-electron chi connectivity index (χ3n) is 4.53. The van der Waals surface area contributed by atoms with Crippen LogP contribution in [0.1, 0.15) is 40.0 Å². The second-order valence-corrected chi connectivity index (χ2v) is 9.22. The number of alkyl halides is 3. The molecule has 3 atom stereocenters. The van der Waals surface area contributed by atoms with Gasteiger partial charge in [-0.1, -0.05) is 0 Å². The number of halogens is 3. The van der Waals surface area contributed by atoms with Crippen molar-refractivity contribution in [1.29, 1.82) is 0 Å². The lowest BCUT2D eigenvalue weighted by Gasteiger charge is -2.46. The van der Waals surface area contributed by atoms with Crippen LogP contribution in [-0.4, -0.2) is 71.3 Å². The van der Waals surface area contributed by atoms with Gasteiger partial charge in [-0.3, -0.25) is 0 Å². The second-order valence-electron chi connectivity index (χ2n) is 7.23. The molecule has 3 saturated heterocycles. The highest BCUT2D eigenvalue weighted by Gasteiger charge is 2.47. The summed E-state index contributed by atoms with van der Waals surface area (Å²) in [6, 6.07) is -1.68. The molecule has 2 bridgehead atoms. The molecule has 0 aliphatic carbocycles. The maximum atomic E-state index is 13.3. The summed E-state index contributed by atoms with van der Waals surface area (Å²) in [5, 5.41) is 0. The molecule has 9 radical (unpaired) electrons. The Morgan fingerprint density at radius 3 is 1.96 bits per heavy atom. The van der Waals surface area contributed by atoms with E-state index in [-0.39, 0.29) is 37.6 Å². The van der Waals surface area contributed by atoms with Crippen molar-refractivity contribution in [3.05, 3.63) is 0 Å². The molecular formula is C14H25B3F3N2OS. The van der Waals surface area contributed by atoms with Crippen LogP contribution in [0.4, 0.5) is 13.2 Å². The Bertz CT molecular complexity index is 364. The lowest BCUT2D eigenvalue weighted by atomic mass is 9.76. The van der Waals surface area contributed by atoms with Crippen LogP contribution in [0.5, 0.6) is 0 Å². The van der Waals surface area contributed by atoms with Gasteiger partial charge in [0.2, 0.25) is 0 Å². The molecule has 10 heteroatoms. The van der Waals surface area contributed by atoms with E-state index < -0.39 is 28.3 Å². The molecule has 0 aromatic rings.